The third-order valence-corrected chi connectivity index (χ3v) is 4.32. The molecule has 2 aliphatic carbocycles. The van der Waals surface area contributed by atoms with Crippen LogP contribution in [0.1, 0.15) is 33.1 Å². The van der Waals surface area contributed by atoms with Gasteiger partial charge in [0.1, 0.15) is 0 Å². The minimum Gasteiger partial charge on any atom is -0.454 e. The number of alkyl halides is 1. The lowest BCUT2D eigenvalue weighted by Gasteiger charge is -2.38. The Morgan fingerprint density at radius 2 is 2.00 bits per heavy atom. The normalized spacial score (nSPS) is 37.4. The SMILES string of the molecule is CC(C)(F)C(=O)OC1C2CCC(C2)C12OCCO2. The van der Waals surface area contributed by atoms with E-state index in [9.17, 15) is 9.18 Å². The van der Waals surface area contributed by atoms with E-state index in [0.29, 0.717) is 13.2 Å². The van der Waals surface area contributed by atoms with Crippen molar-refractivity contribution < 1.29 is 23.4 Å². The highest BCUT2D eigenvalue weighted by molar-refractivity contribution is 5.78. The molecule has 0 amide bonds. The minimum absolute atomic E-state index is 0.249. The van der Waals surface area contributed by atoms with Gasteiger partial charge in [0.15, 0.2) is 6.10 Å². The predicted octanol–water partition coefficient (Wildman–Crippen LogP) is 1.82. The van der Waals surface area contributed by atoms with Crippen LogP contribution in [0.15, 0.2) is 0 Å². The van der Waals surface area contributed by atoms with E-state index < -0.39 is 23.5 Å². The Labute approximate surface area is 106 Å². The first-order chi connectivity index (χ1) is 8.43. The molecule has 18 heavy (non-hydrogen) atoms. The second kappa shape index (κ2) is 3.90. The van der Waals surface area contributed by atoms with E-state index in [1.165, 1.54) is 13.8 Å². The highest BCUT2D eigenvalue weighted by atomic mass is 19.1. The lowest BCUT2D eigenvalue weighted by Crippen LogP contribution is -2.51. The number of carbonyl (C=O) groups is 1. The summed E-state index contributed by atoms with van der Waals surface area (Å²) in [6, 6.07) is 0. The smallest absolute Gasteiger partial charge is 0.343 e. The summed E-state index contributed by atoms with van der Waals surface area (Å²) in [7, 11) is 0. The third-order valence-electron chi connectivity index (χ3n) is 4.32. The van der Waals surface area contributed by atoms with Crippen molar-refractivity contribution in [2.75, 3.05) is 13.2 Å². The Bertz CT molecular complexity index is 356. The van der Waals surface area contributed by atoms with E-state index in [1.54, 1.807) is 0 Å². The first kappa shape index (κ1) is 12.4. The number of carbonyl (C=O) groups excluding carboxylic acids is 1. The van der Waals surface area contributed by atoms with E-state index in [2.05, 4.69) is 0 Å². The lowest BCUT2D eigenvalue weighted by atomic mass is 9.91. The summed E-state index contributed by atoms with van der Waals surface area (Å²) in [5.74, 6) is -1.08. The topological polar surface area (TPSA) is 44.8 Å². The Hall–Kier alpha value is -0.680. The predicted molar refractivity (Wildman–Crippen MR) is 60.5 cm³/mol. The van der Waals surface area contributed by atoms with Gasteiger partial charge in [0.25, 0.3) is 0 Å². The molecule has 3 fully saturated rings. The van der Waals surface area contributed by atoms with Gasteiger partial charge < -0.3 is 14.2 Å². The maximum Gasteiger partial charge on any atom is 0.343 e. The van der Waals surface area contributed by atoms with Crippen molar-refractivity contribution in [3.8, 4) is 0 Å². The number of fused-ring (bicyclic) bond motifs is 3. The van der Waals surface area contributed by atoms with Crippen LogP contribution in [0.5, 0.6) is 0 Å². The van der Waals surface area contributed by atoms with Crippen molar-refractivity contribution in [2.45, 2.75) is 50.7 Å². The van der Waals surface area contributed by atoms with E-state index in [0.717, 1.165) is 19.3 Å². The molecule has 2 saturated carbocycles. The van der Waals surface area contributed by atoms with E-state index in [1.807, 2.05) is 0 Å². The van der Waals surface area contributed by atoms with Crippen molar-refractivity contribution in [3.05, 3.63) is 0 Å². The van der Waals surface area contributed by atoms with Crippen LogP contribution in [-0.2, 0) is 19.0 Å². The number of esters is 1. The van der Waals surface area contributed by atoms with Crippen LogP contribution in [0.3, 0.4) is 0 Å². The minimum atomic E-state index is -1.97. The van der Waals surface area contributed by atoms with Crippen molar-refractivity contribution in [3.63, 3.8) is 0 Å². The average molecular weight is 258 g/mol. The molecule has 2 bridgehead atoms. The zero-order valence-corrected chi connectivity index (χ0v) is 10.8. The van der Waals surface area contributed by atoms with Gasteiger partial charge in [0, 0.05) is 11.8 Å². The number of hydrogen-bond acceptors (Lipinski definition) is 4. The van der Waals surface area contributed by atoms with Crippen LogP contribution in [-0.4, -0.2) is 36.7 Å². The van der Waals surface area contributed by atoms with E-state index >= 15 is 0 Å². The van der Waals surface area contributed by atoms with Gasteiger partial charge in [0.05, 0.1) is 13.2 Å². The Morgan fingerprint density at radius 3 is 2.61 bits per heavy atom. The summed E-state index contributed by atoms with van der Waals surface area (Å²) in [6.07, 6.45) is 2.55. The Kier molecular flexibility index (Phi) is 2.68. The summed E-state index contributed by atoms with van der Waals surface area (Å²) >= 11 is 0. The van der Waals surface area contributed by atoms with Gasteiger partial charge in [-0.25, -0.2) is 9.18 Å². The molecule has 1 spiro atoms. The molecule has 0 aromatic carbocycles. The van der Waals surface area contributed by atoms with Gasteiger partial charge in [-0.2, -0.15) is 0 Å². The summed E-state index contributed by atoms with van der Waals surface area (Å²) in [5.41, 5.74) is -1.97. The molecule has 0 N–H and O–H groups in total. The largest absolute Gasteiger partial charge is 0.454 e. The molecule has 3 unspecified atom stereocenters. The maximum atomic E-state index is 13.6. The second-order valence-electron chi connectivity index (χ2n) is 5.99. The molecule has 1 heterocycles. The summed E-state index contributed by atoms with van der Waals surface area (Å²) < 4.78 is 30.5. The molecule has 4 nitrogen and oxygen atoms in total. The standard InChI is InChI=1S/C13H19FO4/c1-12(2,14)11(15)18-10-8-3-4-9(7-8)13(10)16-5-6-17-13/h8-10H,3-7H2,1-2H3. The van der Waals surface area contributed by atoms with Gasteiger partial charge in [-0.3, -0.25) is 0 Å². The fraction of sp³-hybridized carbons (Fsp3) is 0.923. The molecule has 3 rings (SSSR count). The van der Waals surface area contributed by atoms with Gasteiger partial charge in [-0.15, -0.1) is 0 Å². The molecule has 1 aliphatic heterocycles. The molecule has 5 heteroatoms. The second-order valence-corrected chi connectivity index (χ2v) is 5.99. The molecule has 0 aromatic heterocycles. The van der Waals surface area contributed by atoms with Crippen LogP contribution in [0.25, 0.3) is 0 Å². The molecular formula is C13H19FO4. The number of ether oxygens (including phenoxy) is 3. The maximum absolute atomic E-state index is 13.6. The molecule has 0 radical (unpaired) electrons. The van der Waals surface area contributed by atoms with E-state index in [-0.39, 0.29) is 11.8 Å². The fourth-order valence-corrected chi connectivity index (χ4v) is 3.50. The van der Waals surface area contributed by atoms with Gasteiger partial charge in [-0.05, 0) is 33.1 Å². The third kappa shape index (κ3) is 1.67. The molecule has 102 valence electrons. The van der Waals surface area contributed by atoms with Crippen LogP contribution >= 0.6 is 0 Å². The summed E-state index contributed by atoms with van der Waals surface area (Å²) in [5, 5.41) is 0. The van der Waals surface area contributed by atoms with Crippen molar-refractivity contribution in [2.24, 2.45) is 11.8 Å². The first-order valence-corrected chi connectivity index (χ1v) is 6.61. The highest BCUT2D eigenvalue weighted by Crippen LogP contribution is 2.55. The highest BCUT2D eigenvalue weighted by Gasteiger charge is 2.64. The fourth-order valence-electron chi connectivity index (χ4n) is 3.50. The Morgan fingerprint density at radius 1 is 1.33 bits per heavy atom. The lowest BCUT2D eigenvalue weighted by molar-refractivity contribution is -0.255. The van der Waals surface area contributed by atoms with Crippen molar-refractivity contribution >= 4 is 5.97 Å². The number of rotatable bonds is 2. The molecule has 3 atom stereocenters. The monoisotopic (exact) mass is 258 g/mol. The quantitative estimate of drug-likeness (QED) is 0.709. The van der Waals surface area contributed by atoms with Gasteiger partial charge in [0.2, 0.25) is 11.5 Å². The number of hydrogen-bond donors (Lipinski definition) is 0. The zero-order valence-electron chi connectivity index (χ0n) is 10.8. The van der Waals surface area contributed by atoms with Gasteiger partial charge in [-0.1, -0.05) is 0 Å². The summed E-state index contributed by atoms with van der Waals surface area (Å²) in [6.45, 7) is 3.48. The van der Waals surface area contributed by atoms with Crippen LogP contribution in [0, 0.1) is 11.8 Å². The Balaban J connectivity index is 1.80. The average Bonchev–Trinajstić information content (AvgIpc) is 2.97. The zero-order chi connectivity index (χ0) is 13.0. The van der Waals surface area contributed by atoms with Crippen LogP contribution in [0.4, 0.5) is 4.39 Å². The number of halogens is 1. The molecule has 1 saturated heterocycles. The molecule has 0 aromatic rings. The first-order valence-electron chi connectivity index (χ1n) is 6.61. The van der Waals surface area contributed by atoms with Gasteiger partial charge >= 0.3 is 5.97 Å². The van der Waals surface area contributed by atoms with Crippen LogP contribution in [0.2, 0.25) is 0 Å². The van der Waals surface area contributed by atoms with Crippen molar-refractivity contribution in [1.82, 2.24) is 0 Å². The van der Waals surface area contributed by atoms with Crippen molar-refractivity contribution in [1.29, 1.82) is 0 Å². The van der Waals surface area contributed by atoms with Crippen LogP contribution < -0.4 is 0 Å². The summed E-state index contributed by atoms with van der Waals surface area (Å²) in [4.78, 5) is 11.7. The molecule has 3 aliphatic rings. The molecular weight excluding hydrogens is 239 g/mol. The van der Waals surface area contributed by atoms with E-state index in [4.69, 9.17) is 14.2 Å².